The van der Waals surface area contributed by atoms with Gasteiger partial charge in [-0.05, 0) is 13.8 Å². The first-order valence-electron chi connectivity index (χ1n) is 3.75. The van der Waals surface area contributed by atoms with Gasteiger partial charge >= 0.3 is 0 Å². The van der Waals surface area contributed by atoms with Gasteiger partial charge in [-0.2, -0.15) is 5.26 Å². The van der Waals surface area contributed by atoms with E-state index in [9.17, 15) is 4.79 Å². The number of amides is 1. The fraction of sp³-hybridized carbons (Fsp3) is 0.750. The van der Waals surface area contributed by atoms with E-state index in [-0.39, 0.29) is 11.8 Å². The molecule has 0 aromatic carbocycles. The van der Waals surface area contributed by atoms with Crippen molar-refractivity contribution in [2.45, 2.75) is 20.3 Å². The van der Waals surface area contributed by atoms with E-state index in [4.69, 9.17) is 5.26 Å². The van der Waals surface area contributed by atoms with Crippen LogP contribution < -0.4 is 0 Å². The summed E-state index contributed by atoms with van der Waals surface area (Å²) >= 11 is 0. The van der Waals surface area contributed by atoms with Crippen molar-refractivity contribution in [1.82, 2.24) is 4.90 Å². The highest BCUT2D eigenvalue weighted by molar-refractivity contribution is 5.76. The summed E-state index contributed by atoms with van der Waals surface area (Å²) < 4.78 is 0. The smallest absolute Gasteiger partial charge is 0.223 e. The lowest BCUT2D eigenvalue weighted by molar-refractivity contribution is -0.130. The molecular weight excluding hydrogens is 140 g/mol. The Morgan fingerprint density at radius 3 is 2.64 bits per heavy atom. The Morgan fingerprint density at radius 1 is 1.73 bits per heavy atom. The molecule has 0 aromatic rings. The molecule has 0 saturated carbocycles. The molecule has 0 spiro atoms. The van der Waals surface area contributed by atoms with Gasteiger partial charge in [0.2, 0.25) is 5.91 Å². The Morgan fingerprint density at radius 2 is 2.27 bits per heavy atom. The molecular formula is C8H14N2O. The largest absolute Gasteiger partial charge is 0.346 e. The highest BCUT2D eigenvalue weighted by Crippen LogP contribution is 2.01. The first-order chi connectivity index (χ1) is 5.11. The van der Waals surface area contributed by atoms with Gasteiger partial charge in [0, 0.05) is 20.0 Å². The van der Waals surface area contributed by atoms with Crippen LogP contribution in [0.1, 0.15) is 20.3 Å². The summed E-state index contributed by atoms with van der Waals surface area (Å²) in [5.74, 6) is -0.127. The van der Waals surface area contributed by atoms with Crippen LogP contribution in [0.2, 0.25) is 0 Å². The van der Waals surface area contributed by atoms with E-state index in [1.54, 1.807) is 18.9 Å². The molecule has 3 heteroatoms. The molecule has 62 valence electrons. The van der Waals surface area contributed by atoms with E-state index >= 15 is 0 Å². The summed E-state index contributed by atoms with van der Waals surface area (Å²) in [6.45, 7) is 4.37. The molecule has 0 aliphatic carbocycles. The molecule has 0 bridgehead atoms. The minimum Gasteiger partial charge on any atom is -0.346 e. The first-order valence-corrected chi connectivity index (χ1v) is 3.75. The van der Waals surface area contributed by atoms with Gasteiger partial charge in [0.1, 0.15) is 0 Å². The van der Waals surface area contributed by atoms with Crippen molar-refractivity contribution in [3.05, 3.63) is 0 Å². The standard InChI is InChI=1S/C8H14N2O/c1-4-10(3)8(11)5-7(2)6-9/h7H,4-5H2,1-3H3. The molecule has 0 aliphatic rings. The summed E-state index contributed by atoms with van der Waals surface area (Å²) in [6, 6.07) is 2.03. The average molecular weight is 154 g/mol. The summed E-state index contributed by atoms with van der Waals surface area (Å²) in [7, 11) is 1.74. The van der Waals surface area contributed by atoms with Crippen LogP contribution in [0.3, 0.4) is 0 Å². The van der Waals surface area contributed by atoms with Gasteiger partial charge in [0.25, 0.3) is 0 Å². The number of hydrogen-bond acceptors (Lipinski definition) is 2. The van der Waals surface area contributed by atoms with Crippen molar-refractivity contribution in [3.63, 3.8) is 0 Å². The average Bonchev–Trinajstić information content (AvgIpc) is 2.02. The van der Waals surface area contributed by atoms with Crippen LogP contribution >= 0.6 is 0 Å². The van der Waals surface area contributed by atoms with Crippen molar-refractivity contribution in [2.24, 2.45) is 5.92 Å². The number of hydrogen-bond donors (Lipinski definition) is 0. The zero-order valence-corrected chi connectivity index (χ0v) is 7.29. The van der Waals surface area contributed by atoms with Crippen LogP contribution in [0.25, 0.3) is 0 Å². The topological polar surface area (TPSA) is 44.1 Å². The summed E-state index contributed by atoms with van der Waals surface area (Å²) in [5.41, 5.74) is 0. The molecule has 3 nitrogen and oxygen atoms in total. The summed E-state index contributed by atoms with van der Waals surface area (Å²) in [6.07, 6.45) is 0.334. The Hall–Kier alpha value is -1.04. The van der Waals surface area contributed by atoms with Crippen LogP contribution in [-0.4, -0.2) is 24.4 Å². The second kappa shape index (κ2) is 4.73. The molecule has 0 N–H and O–H groups in total. The zero-order valence-electron chi connectivity index (χ0n) is 7.29. The molecule has 0 aromatic heterocycles. The number of nitrogens with zero attached hydrogens (tertiary/aromatic N) is 2. The van der Waals surface area contributed by atoms with E-state index < -0.39 is 0 Å². The van der Waals surface area contributed by atoms with Crippen LogP contribution in [0.5, 0.6) is 0 Å². The third kappa shape index (κ3) is 3.61. The third-order valence-corrected chi connectivity index (χ3v) is 1.60. The number of nitriles is 1. The molecule has 0 saturated heterocycles. The maximum absolute atomic E-state index is 11.1. The lowest BCUT2D eigenvalue weighted by Gasteiger charge is -2.14. The minimum absolute atomic E-state index is 0.0431. The van der Waals surface area contributed by atoms with Gasteiger partial charge in [-0.15, -0.1) is 0 Å². The van der Waals surface area contributed by atoms with E-state index in [2.05, 4.69) is 0 Å². The van der Waals surface area contributed by atoms with Gasteiger partial charge in [-0.3, -0.25) is 4.79 Å². The molecule has 0 fully saturated rings. The maximum atomic E-state index is 11.1. The molecule has 11 heavy (non-hydrogen) atoms. The van der Waals surface area contributed by atoms with E-state index in [1.165, 1.54) is 0 Å². The van der Waals surface area contributed by atoms with Crippen LogP contribution in [0, 0.1) is 17.2 Å². The second-order valence-corrected chi connectivity index (χ2v) is 2.64. The monoisotopic (exact) mass is 154 g/mol. The summed E-state index contributed by atoms with van der Waals surface area (Å²) in [4.78, 5) is 12.7. The molecule has 0 heterocycles. The molecule has 1 atom stereocenters. The van der Waals surface area contributed by atoms with Crippen molar-refractivity contribution < 1.29 is 4.79 Å². The minimum atomic E-state index is -0.170. The van der Waals surface area contributed by atoms with Crippen molar-refractivity contribution in [3.8, 4) is 6.07 Å². The van der Waals surface area contributed by atoms with Gasteiger partial charge < -0.3 is 4.90 Å². The van der Waals surface area contributed by atoms with E-state index in [0.29, 0.717) is 13.0 Å². The number of rotatable bonds is 3. The highest BCUT2D eigenvalue weighted by Gasteiger charge is 2.10. The number of carbonyl (C=O) groups excluding carboxylic acids is 1. The van der Waals surface area contributed by atoms with E-state index in [0.717, 1.165) is 0 Å². The Kier molecular flexibility index (Phi) is 4.28. The predicted octanol–water partition coefficient (Wildman–Crippen LogP) is 1.01. The molecule has 0 radical (unpaired) electrons. The van der Waals surface area contributed by atoms with Crippen LogP contribution in [0.15, 0.2) is 0 Å². The number of carbonyl (C=O) groups is 1. The van der Waals surface area contributed by atoms with Crippen molar-refractivity contribution in [2.75, 3.05) is 13.6 Å². The van der Waals surface area contributed by atoms with Gasteiger partial charge in [-0.25, -0.2) is 0 Å². The molecule has 1 amide bonds. The summed E-state index contributed by atoms with van der Waals surface area (Å²) in [5, 5.41) is 8.42. The third-order valence-electron chi connectivity index (χ3n) is 1.60. The fourth-order valence-corrected chi connectivity index (χ4v) is 0.640. The molecule has 0 rings (SSSR count). The Balaban J connectivity index is 3.80. The Bertz CT molecular complexity index is 171. The normalized spacial score (nSPS) is 11.8. The predicted molar refractivity (Wildman–Crippen MR) is 42.7 cm³/mol. The van der Waals surface area contributed by atoms with E-state index in [1.807, 2.05) is 13.0 Å². The fourth-order valence-electron chi connectivity index (χ4n) is 0.640. The Labute approximate surface area is 67.6 Å². The van der Waals surface area contributed by atoms with Gasteiger partial charge in [0.15, 0.2) is 0 Å². The lowest BCUT2D eigenvalue weighted by atomic mass is 10.1. The van der Waals surface area contributed by atoms with Crippen molar-refractivity contribution >= 4 is 5.91 Å². The highest BCUT2D eigenvalue weighted by atomic mass is 16.2. The van der Waals surface area contributed by atoms with Gasteiger partial charge in [-0.1, -0.05) is 0 Å². The quantitative estimate of drug-likeness (QED) is 0.609. The van der Waals surface area contributed by atoms with Gasteiger partial charge in [0.05, 0.1) is 12.0 Å². The first kappa shape index (κ1) is 9.96. The maximum Gasteiger partial charge on any atom is 0.223 e. The molecule has 1 unspecified atom stereocenters. The SMILES string of the molecule is CCN(C)C(=O)CC(C)C#N. The second-order valence-electron chi connectivity index (χ2n) is 2.64. The van der Waals surface area contributed by atoms with Crippen LogP contribution in [0.4, 0.5) is 0 Å². The van der Waals surface area contributed by atoms with Crippen LogP contribution in [-0.2, 0) is 4.79 Å². The lowest BCUT2D eigenvalue weighted by Crippen LogP contribution is -2.27. The zero-order chi connectivity index (χ0) is 8.85. The van der Waals surface area contributed by atoms with Crippen molar-refractivity contribution in [1.29, 1.82) is 5.26 Å². The molecule has 0 aliphatic heterocycles.